The van der Waals surface area contributed by atoms with Gasteiger partial charge in [0.05, 0.1) is 12.1 Å². The van der Waals surface area contributed by atoms with Gasteiger partial charge in [-0.3, -0.25) is 14.5 Å². The minimum absolute atomic E-state index is 0.124. The van der Waals surface area contributed by atoms with E-state index in [0.29, 0.717) is 11.1 Å². The number of aromatic nitrogens is 3. The number of thioether (sulfide) groups is 1. The third-order valence-electron chi connectivity index (χ3n) is 5.55. The first-order valence-electron chi connectivity index (χ1n) is 10.6. The molecule has 0 radical (unpaired) electrons. The molecular formula is C25H19F3N4OS. The van der Waals surface area contributed by atoms with Crippen LogP contribution in [-0.4, -0.2) is 26.4 Å². The molecule has 34 heavy (non-hydrogen) atoms. The van der Waals surface area contributed by atoms with Crippen molar-refractivity contribution in [3.8, 4) is 22.4 Å². The van der Waals surface area contributed by atoms with Crippen LogP contribution in [0, 0.1) is 0 Å². The fourth-order valence-corrected chi connectivity index (χ4v) is 4.96. The smallest absolute Gasteiger partial charge is 0.348 e. The summed E-state index contributed by atoms with van der Waals surface area (Å²) in [6, 6.07) is 15.9. The first-order chi connectivity index (χ1) is 16.4. The number of amides is 1. The first-order valence-corrected chi connectivity index (χ1v) is 11.6. The normalized spacial score (nSPS) is 13.0. The summed E-state index contributed by atoms with van der Waals surface area (Å²) in [4.78, 5) is 16.9. The van der Waals surface area contributed by atoms with E-state index in [-0.39, 0.29) is 12.5 Å². The fourth-order valence-electron chi connectivity index (χ4n) is 3.86. The molecule has 0 atom stereocenters. The lowest BCUT2D eigenvalue weighted by molar-refractivity contribution is -0.137. The van der Waals surface area contributed by atoms with E-state index in [4.69, 9.17) is 5.10 Å². The van der Waals surface area contributed by atoms with Gasteiger partial charge < -0.3 is 5.32 Å². The van der Waals surface area contributed by atoms with E-state index in [9.17, 15) is 18.0 Å². The number of nitrogens with zero attached hydrogens (tertiary/aromatic N) is 3. The molecule has 0 spiro atoms. The molecule has 1 aliphatic rings. The second-order valence-electron chi connectivity index (χ2n) is 7.79. The predicted octanol–water partition coefficient (Wildman–Crippen LogP) is 5.67. The van der Waals surface area contributed by atoms with Gasteiger partial charge in [0.2, 0.25) is 0 Å². The van der Waals surface area contributed by atoms with Crippen molar-refractivity contribution in [3.63, 3.8) is 0 Å². The molecule has 2 aromatic heterocycles. The number of rotatable bonds is 5. The van der Waals surface area contributed by atoms with Gasteiger partial charge in [-0.1, -0.05) is 24.3 Å². The summed E-state index contributed by atoms with van der Waals surface area (Å²) in [7, 11) is 0. The zero-order valence-corrected chi connectivity index (χ0v) is 18.7. The van der Waals surface area contributed by atoms with Gasteiger partial charge >= 0.3 is 6.18 Å². The van der Waals surface area contributed by atoms with Gasteiger partial charge in [0.25, 0.3) is 5.91 Å². The van der Waals surface area contributed by atoms with Gasteiger partial charge in [-0.15, -0.1) is 11.8 Å². The van der Waals surface area contributed by atoms with E-state index < -0.39 is 11.7 Å². The Morgan fingerprint density at radius 1 is 1.03 bits per heavy atom. The van der Waals surface area contributed by atoms with Crippen LogP contribution >= 0.6 is 11.8 Å². The third kappa shape index (κ3) is 4.43. The maximum absolute atomic E-state index is 12.8. The van der Waals surface area contributed by atoms with Crippen molar-refractivity contribution < 1.29 is 18.0 Å². The number of halogens is 3. The second kappa shape index (κ2) is 8.98. The number of hydrogen-bond acceptors (Lipinski definition) is 4. The average Bonchev–Trinajstić information content (AvgIpc) is 3.44. The minimum atomic E-state index is -4.39. The van der Waals surface area contributed by atoms with Crippen LogP contribution in [0.15, 0.2) is 78.1 Å². The number of aryl methyl sites for hydroxylation is 1. The van der Waals surface area contributed by atoms with Crippen molar-refractivity contribution in [2.75, 3.05) is 5.75 Å². The topological polar surface area (TPSA) is 59.8 Å². The maximum Gasteiger partial charge on any atom is 0.416 e. The number of carbonyl (C=O) groups is 1. The Labute approximate surface area is 198 Å². The highest BCUT2D eigenvalue weighted by atomic mass is 32.2. The molecule has 0 saturated heterocycles. The Hall–Kier alpha value is -3.59. The number of hydrogen-bond donors (Lipinski definition) is 1. The number of carbonyl (C=O) groups excluding carboxylic acids is 1. The Morgan fingerprint density at radius 2 is 1.79 bits per heavy atom. The zero-order valence-electron chi connectivity index (χ0n) is 17.8. The second-order valence-corrected chi connectivity index (χ2v) is 8.88. The van der Waals surface area contributed by atoms with Crippen LogP contribution in [0.3, 0.4) is 0 Å². The molecule has 9 heteroatoms. The SMILES string of the molecule is O=C(NCc1ccc(C(F)(F)F)cc1)c1cccc(-c2nn3c(c2-c2ccncc2)SCC3)c1. The monoisotopic (exact) mass is 480 g/mol. The minimum Gasteiger partial charge on any atom is -0.348 e. The van der Waals surface area contributed by atoms with Crippen LogP contribution in [0.1, 0.15) is 21.5 Å². The van der Waals surface area contributed by atoms with Crippen LogP contribution in [0.4, 0.5) is 13.2 Å². The molecule has 1 N–H and O–H groups in total. The van der Waals surface area contributed by atoms with Gasteiger partial charge in [0, 0.05) is 41.4 Å². The summed E-state index contributed by atoms with van der Waals surface area (Å²) in [5, 5.41) is 8.69. The maximum atomic E-state index is 12.8. The molecule has 2 aromatic carbocycles. The molecule has 0 unspecified atom stereocenters. The van der Waals surface area contributed by atoms with E-state index in [1.807, 2.05) is 22.9 Å². The van der Waals surface area contributed by atoms with Crippen molar-refractivity contribution in [2.24, 2.45) is 0 Å². The third-order valence-corrected chi connectivity index (χ3v) is 6.62. The Bertz CT molecular complexity index is 1330. The lowest BCUT2D eigenvalue weighted by Gasteiger charge is -2.10. The van der Waals surface area contributed by atoms with Crippen LogP contribution in [0.25, 0.3) is 22.4 Å². The molecule has 1 aliphatic heterocycles. The van der Waals surface area contributed by atoms with Crippen LogP contribution in [0.2, 0.25) is 0 Å². The lowest BCUT2D eigenvalue weighted by atomic mass is 10.0. The van der Waals surface area contributed by atoms with Crippen LogP contribution < -0.4 is 5.32 Å². The van der Waals surface area contributed by atoms with Gasteiger partial charge in [-0.05, 0) is 47.5 Å². The quantitative estimate of drug-likeness (QED) is 0.400. The number of alkyl halides is 3. The largest absolute Gasteiger partial charge is 0.416 e. The average molecular weight is 481 g/mol. The molecule has 0 aliphatic carbocycles. The van der Waals surface area contributed by atoms with E-state index in [2.05, 4.69) is 10.3 Å². The van der Waals surface area contributed by atoms with Crippen molar-refractivity contribution in [2.45, 2.75) is 24.3 Å². The first kappa shape index (κ1) is 22.2. The van der Waals surface area contributed by atoms with Gasteiger partial charge in [-0.2, -0.15) is 18.3 Å². The summed E-state index contributed by atoms with van der Waals surface area (Å²) >= 11 is 1.75. The van der Waals surface area contributed by atoms with E-state index >= 15 is 0 Å². The Balaban J connectivity index is 1.38. The van der Waals surface area contributed by atoms with Crippen LogP contribution in [-0.2, 0) is 19.3 Å². The van der Waals surface area contributed by atoms with Crippen LogP contribution in [0.5, 0.6) is 0 Å². The number of fused-ring (bicyclic) bond motifs is 1. The van der Waals surface area contributed by atoms with Gasteiger partial charge in [-0.25, -0.2) is 0 Å². The zero-order chi connectivity index (χ0) is 23.7. The molecule has 0 fully saturated rings. The summed E-state index contributed by atoms with van der Waals surface area (Å²) in [6.07, 6.45) is -0.898. The highest BCUT2D eigenvalue weighted by Gasteiger charge is 2.30. The fraction of sp³-hybridized carbons (Fsp3) is 0.160. The molecule has 3 heterocycles. The molecule has 5 nitrogen and oxygen atoms in total. The standard InChI is InChI=1S/C25H19F3N4OS/c26-25(27,28)20-6-4-16(5-7-20)15-30-23(33)19-3-1-2-18(14-19)22-21(17-8-10-29-11-9-17)24-32(31-22)12-13-34-24/h1-11,14H,12-13,15H2,(H,30,33). The van der Waals surface area contributed by atoms with Gasteiger partial charge in [0.15, 0.2) is 0 Å². The Morgan fingerprint density at radius 3 is 2.53 bits per heavy atom. The molecule has 0 bridgehead atoms. The summed E-state index contributed by atoms with van der Waals surface area (Å²) in [6.45, 7) is 0.949. The molecule has 0 saturated carbocycles. The van der Waals surface area contributed by atoms with Crippen molar-refractivity contribution in [1.82, 2.24) is 20.1 Å². The highest BCUT2D eigenvalue weighted by molar-refractivity contribution is 7.99. The summed E-state index contributed by atoms with van der Waals surface area (Å²) in [5.74, 6) is 0.654. The summed E-state index contributed by atoms with van der Waals surface area (Å²) in [5.41, 5.74) is 3.96. The molecular weight excluding hydrogens is 461 g/mol. The van der Waals surface area contributed by atoms with Gasteiger partial charge in [0.1, 0.15) is 10.7 Å². The van der Waals surface area contributed by atoms with Crippen molar-refractivity contribution >= 4 is 17.7 Å². The predicted molar refractivity (Wildman–Crippen MR) is 124 cm³/mol. The molecule has 4 aromatic rings. The van der Waals surface area contributed by atoms with E-state index in [1.165, 1.54) is 12.1 Å². The molecule has 1 amide bonds. The molecule has 172 valence electrons. The lowest BCUT2D eigenvalue weighted by Crippen LogP contribution is -2.22. The van der Waals surface area contributed by atoms with Crippen molar-refractivity contribution in [1.29, 1.82) is 0 Å². The van der Waals surface area contributed by atoms with E-state index in [0.717, 1.165) is 51.8 Å². The Kier molecular flexibility index (Phi) is 5.87. The molecule has 5 rings (SSSR count). The number of benzene rings is 2. The highest BCUT2D eigenvalue weighted by Crippen LogP contribution is 2.42. The van der Waals surface area contributed by atoms with Crippen molar-refractivity contribution in [3.05, 3.63) is 89.7 Å². The number of nitrogens with one attached hydrogen (secondary N) is 1. The number of pyridine rings is 1. The summed E-state index contributed by atoms with van der Waals surface area (Å²) < 4.78 is 40.2. The van der Waals surface area contributed by atoms with E-state index in [1.54, 1.807) is 42.4 Å².